The summed E-state index contributed by atoms with van der Waals surface area (Å²) in [6.07, 6.45) is 8.68. The minimum Gasteiger partial charge on any atom is -0.445 e. The van der Waals surface area contributed by atoms with E-state index in [0.717, 1.165) is 55.8 Å². The molecule has 1 aromatic carbocycles. The molecule has 4 rings (SSSR count). The third kappa shape index (κ3) is 4.72. The van der Waals surface area contributed by atoms with Crippen molar-refractivity contribution in [1.29, 1.82) is 0 Å². The highest BCUT2D eigenvalue weighted by atomic mass is 16.6. The second-order valence-corrected chi connectivity index (χ2v) is 8.19. The smallest absolute Gasteiger partial charge is 0.410 e. The molecule has 0 aliphatic carbocycles. The number of rotatable bonds is 4. The number of anilines is 1. The number of ether oxygens (including phenoxy) is 1. The van der Waals surface area contributed by atoms with Crippen LogP contribution in [0.5, 0.6) is 0 Å². The molecule has 5 nitrogen and oxygen atoms in total. The highest BCUT2D eigenvalue weighted by molar-refractivity contribution is 5.68. The van der Waals surface area contributed by atoms with Gasteiger partial charge in [0.05, 0.1) is 6.04 Å². The minimum atomic E-state index is -0.224. The molecule has 29 heavy (non-hydrogen) atoms. The summed E-state index contributed by atoms with van der Waals surface area (Å²) in [5, 5.41) is 0. The Hall–Kier alpha value is -2.56. The SMILES string of the molecule is Cc1cc(N2CCCCC2)ncc1[C@@H]1CCCCN1C(=O)OCc1ccccc1. The van der Waals surface area contributed by atoms with E-state index in [9.17, 15) is 4.79 Å². The van der Waals surface area contributed by atoms with E-state index in [1.165, 1.54) is 24.8 Å². The molecular formula is C24H31N3O2. The summed E-state index contributed by atoms with van der Waals surface area (Å²) in [6.45, 7) is 5.38. The first-order valence-corrected chi connectivity index (χ1v) is 10.9. The van der Waals surface area contributed by atoms with Crippen molar-refractivity contribution in [2.45, 2.75) is 58.1 Å². The van der Waals surface area contributed by atoms with Crippen LogP contribution in [-0.2, 0) is 11.3 Å². The molecule has 0 spiro atoms. The Balaban J connectivity index is 1.47. The zero-order valence-corrected chi connectivity index (χ0v) is 17.3. The predicted octanol–water partition coefficient (Wildman–Crippen LogP) is 5.24. The summed E-state index contributed by atoms with van der Waals surface area (Å²) < 4.78 is 5.64. The third-order valence-corrected chi connectivity index (χ3v) is 6.12. The number of aromatic nitrogens is 1. The average molecular weight is 394 g/mol. The number of pyridine rings is 1. The van der Waals surface area contributed by atoms with Gasteiger partial charge in [0.25, 0.3) is 0 Å². The van der Waals surface area contributed by atoms with Gasteiger partial charge >= 0.3 is 6.09 Å². The number of carbonyl (C=O) groups excluding carboxylic acids is 1. The molecule has 1 amide bonds. The van der Waals surface area contributed by atoms with E-state index < -0.39 is 0 Å². The second kappa shape index (κ2) is 9.29. The fourth-order valence-electron chi connectivity index (χ4n) is 4.47. The van der Waals surface area contributed by atoms with Crippen LogP contribution in [0.2, 0.25) is 0 Å². The van der Waals surface area contributed by atoms with Crippen LogP contribution in [0.1, 0.15) is 61.3 Å². The van der Waals surface area contributed by atoms with Crippen LogP contribution >= 0.6 is 0 Å². The molecule has 1 atom stereocenters. The molecule has 3 heterocycles. The summed E-state index contributed by atoms with van der Waals surface area (Å²) in [5.74, 6) is 1.07. The highest BCUT2D eigenvalue weighted by Gasteiger charge is 2.30. The van der Waals surface area contributed by atoms with Crippen molar-refractivity contribution in [3.63, 3.8) is 0 Å². The molecule has 0 saturated carbocycles. The highest BCUT2D eigenvalue weighted by Crippen LogP contribution is 2.34. The fraction of sp³-hybridized carbons (Fsp3) is 0.500. The molecule has 0 unspecified atom stereocenters. The van der Waals surface area contributed by atoms with Crippen LogP contribution in [0.15, 0.2) is 42.6 Å². The van der Waals surface area contributed by atoms with Gasteiger partial charge in [-0.05, 0) is 68.2 Å². The number of carbonyl (C=O) groups is 1. The van der Waals surface area contributed by atoms with Gasteiger partial charge in [0, 0.05) is 25.8 Å². The Kier molecular flexibility index (Phi) is 6.33. The number of piperidine rings is 2. The summed E-state index contributed by atoms with van der Waals surface area (Å²) in [5.41, 5.74) is 3.38. The lowest BCUT2D eigenvalue weighted by Gasteiger charge is -2.36. The van der Waals surface area contributed by atoms with E-state index in [0.29, 0.717) is 6.61 Å². The quantitative estimate of drug-likeness (QED) is 0.712. The molecule has 2 aromatic rings. The second-order valence-electron chi connectivity index (χ2n) is 8.19. The van der Waals surface area contributed by atoms with Crippen LogP contribution in [0.25, 0.3) is 0 Å². The first-order valence-electron chi connectivity index (χ1n) is 10.9. The van der Waals surface area contributed by atoms with Crippen molar-refractivity contribution >= 4 is 11.9 Å². The molecule has 2 aliphatic heterocycles. The van der Waals surface area contributed by atoms with Crippen LogP contribution in [0.4, 0.5) is 10.6 Å². The van der Waals surface area contributed by atoms with Gasteiger partial charge in [0.15, 0.2) is 0 Å². The van der Waals surface area contributed by atoms with Crippen LogP contribution < -0.4 is 4.90 Å². The summed E-state index contributed by atoms with van der Waals surface area (Å²) >= 11 is 0. The summed E-state index contributed by atoms with van der Waals surface area (Å²) in [6, 6.07) is 12.1. The summed E-state index contributed by atoms with van der Waals surface area (Å²) in [4.78, 5) is 21.9. The number of likely N-dealkylation sites (tertiary alicyclic amines) is 1. The number of amides is 1. The number of aryl methyl sites for hydroxylation is 1. The van der Waals surface area contributed by atoms with Crippen molar-refractivity contribution in [1.82, 2.24) is 9.88 Å². The first kappa shape index (κ1) is 19.7. The van der Waals surface area contributed by atoms with Crippen molar-refractivity contribution in [2.75, 3.05) is 24.5 Å². The maximum absolute atomic E-state index is 12.9. The van der Waals surface area contributed by atoms with Gasteiger partial charge < -0.3 is 14.5 Å². The van der Waals surface area contributed by atoms with Gasteiger partial charge in [-0.15, -0.1) is 0 Å². The van der Waals surface area contributed by atoms with Crippen molar-refractivity contribution < 1.29 is 9.53 Å². The molecule has 2 fully saturated rings. The molecule has 0 radical (unpaired) electrons. The molecule has 154 valence electrons. The number of hydrogen-bond acceptors (Lipinski definition) is 4. The van der Waals surface area contributed by atoms with Gasteiger partial charge in [-0.2, -0.15) is 0 Å². The normalized spacial score (nSPS) is 19.8. The molecule has 5 heteroatoms. The average Bonchev–Trinajstić information content (AvgIpc) is 2.79. The Morgan fingerprint density at radius 3 is 2.59 bits per heavy atom. The zero-order chi connectivity index (χ0) is 20.1. The third-order valence-electron chi connectivity index (χ3n) is 6.12. The Morgan fingerprint density at radius 1 is 1.07 bits per heavy atom. The molecule has 0 bridgehead atoms. The number of benzene rings is 1. The zero-order valence-electron chi connectivity index (χ0n) is 17.3. The lowest BCUT2D eigenvalue weighted by molar-refractivity contribution is 0.0677. The minimum absolute atomic E-state index is 0.0509. The molecular weight excluding hydrogens is 362 g/mol. The largest absolute Gasteiger partial charge is 0.445 e. The maximum atomic E-state index is 12.9. The van der Waals surface area contributed by atoms with E-state index in [-0.39, 0.29) is 12.1 Å². The molecule has 0 N–H and O–H groups in total. The molecule has 1 aromatic heterocycles. The van der Waals surface area contributed by atoms with Crippen molar-refractivity contribution in [2.24, 2.45) is 0 Å². The molecule has 2 aliphatic rings. The topological polar surface area (TPSA) is 45.7 Å². The number of hydrogen-bond donors (Lipinski definition) is 0. The van der Waals surface area contributed by atoms with E-state index in [2.05, 4.69) is 17.9 Å². The lowest BCUT2D eigenvalue weighted by Crippen LogP contribution is -2.39. The Labute approximate surface area is 173 Å². The summed E-state index contributed by atoms with van der Waals surface area (Å²) in [7, 11) is 0. The van der Waals surface area contributed by atoms with Gasteiger partial charge in [-0.25, -0.2) is 9.78 Å². The Bertz CT molecular complexity index is 818. The van der Waals surface area contributed by atoms with Gasteiger partial charge in [-0.3, -0.25) is 0 Å². The lowest BCUT2D eigenvalue weighted by atomic mass is 9.94. The Morgan fingerprint density at radius 2 is 1.83 bits per heavy atom. The van der Waals surface area contributed by atoms with E-state index >= 15 is 0 Å². The van der Waals surface area contributed by atoms with E-state index in [1.807, 2.05) is 41.4 Å². The number of nitrogens with zero attached hydrogens (tertiary/aromatic N) is 3. The van der Waals surface area contributed by atoms with Crippen LogP contribution in [0.3, 0.4) is 0 Å². The predicted molar refractivity (Wildman–Crippen MR) is 115 cm³/mol. The standard InChI is InChI=1S/C24H31N3O2/c1-19-16-23(26-13-7-3-8-14-26)25-17-21(19)22-12-6-9-15-27(22)24(28)29-18-20-10-4-2-5-11-20/h2,4-5,10-11,16-17,22H,3,6-9,12-15,18H2,1H3/t22-/m0/s1. The van der Waals surface area contributed by atoms with Gasteiger partial charge in [0.2, 0.25) is 0 Å². The fourth-order valence-corrected chi connectivity index (χ4v) is 4.47. The van der Waals surface area contributed by atoms with Crippen LogP contribution in [-0.4, -0.2) is 35.6 Å². The first-order chi connectivity index (χ1) is 14.2. The van der Waals surface area contributed by atoms with Crippen molar-refractivity contribution in [3.8, 4) is 0 Å². The van der Waals surface area contributed by atoms with Crippen molar-refractivity contribution in [3.05, 3.63) is 59.3 Å². The van der Waals surface area contributed by atoms with E-state index in [1.54, 1.807) is 0 Å². The van der Waals surface area contributed by atoms with Gasteiger partial charge in [0.1, 0.15) is 12.4 Å². The molecule has 2 saturated heterocycles. The monoisotopic (exact) mass is 393 g/mol. The van der Waals surface area contributed by atoms with E-state index in [4.69, 9.17) is 9.72 Å². The maximum Gasteiger partial charge on any atom is 0.410 e. The van der Waals surface area contributed by atoms with Gasteiger partial charge in [-0.1, -0.05) is 30.3 Å². The van der Waals surface area contributed by atoms with Crippen LogP contribution in [0, 0.1) is 6.92 Å².